The second-order valence-electron chi connectivity index (χ2n) is 6.55. The van der Waals surface area contributed by atoms with Crippen molar-refractivity contribution in [1.29, 1.82) is 0 Å². The molecule has 2 amide bonds. The first-order valence-electron chi connectivity index (χ1n) is 7.27. The van der Waals surface area contributed by atoms with E-state index in [9.17, 15) is 9.90 Å². The van der Waals surface area contributed by atoms with Gasteiger partial charge < -0.3 is 15.3 Å². The molecule has 0 aliphatic rings. The number of urea groups is 1. The van der Waals surface area contributed by atoms with Crippen LogP contribution in [0, 0.1) is 12.8 Å². The lowest BCUT2D eigenvalue weighted by molar-refractivity contribution is 0.0525. The summed E-state index contributed by atoms with van der Waals surface area (Å²) in [6.45, 7) is 9.72. The summed E-state index contributed by atoms with van der Waals surface area (Å²) in [7, 11) is 1.68. The van der Waals surface area contributed by atoms with Gasteiger partial charge in [0.2, 0.25) is 0 Å². The fourth-order valence-electron chi connectivity index (χ4n) is 2.27. The molecular formula is C16H27N3O2. The maximum Gasteiger partial charge on any atom is 0.317 e. The summed E-state index contributed by atoms with van der Waals surface area (Å²) in [5.74, 6) is 0.220. The number of pyridine rings is 1. The number of aryl methyl sites for hydroxylation is 1. The summed E-state index contributed by atoms with van der Waals surface area (Å²) in [5.41, 5.74) is 1.03. The molecule has 0 saturated carbocycles. The minimum atomic E-state index is -0.916. The Kier molecular flexibility index (Phi) is 5.72. The third kappa shape index (κ3) is 5.34. The predicted octanol–water partition coefficient (Wildman–Crippen LogP) is 2.50. The molecule has 1 rings (SSSR count). The van der Waals surface area contributed by atoms with Crippen molar-refractivity contribution >= 4 is 6.03 Å². The van der Waals surface area contributed by atoms with Gasteiger partial charge >= 0.3 is 6.03 Å². The summed E-state index contributed by atoms with van der Waals surface area (Å²) in [5, 5.41) is 12.8. The Hall–Kier alpha value is -1.62. The van der Waals surface area contributed by atoms with E-state index < -0.39 is 5.60 Å². The highest BCUT2D eigenvalue weighted by Gasteiger charge is 2.25. The standard InChI is InChI=1S/C16H27N3O2/c1-11(2)13(14-12(3)8-7-9-17-14)18-15(20)19(6)10-16(4,5)21/h7-9,11,13,21H,10H2,1-6H3,(H,18,20). The van der Waals surface area contributed by atoms with Crippen molar-refractivity contribution in [1.82, 2.24) is 15.2 Å². The van der Waals surface area contributed by atoms with E-state index in [-0.39, 0.29) is 24.5 Å². The van der Waals surface area contributed by atoms with E-state index >= 15 is 0 Å². The maximum atomic E-state index is 12.3. The average Bonchev–Trinajstić information content (AvgIpc) is 2.34. The van der Waals surface area contributed by atoms with Gasteiger partial charge in [-0.05, 0) is 38.3 Å². The normalized spacial score (nSPS) is 13.1. The predicted molar refractivity (Wildman–Crippen MR) is 84.0 cm³/mol. The molecule has 21 heavy (non-hydrogen) atoms. The number of aliphatic hydroxyl groups is 1. The molecule has 118 valence electrons. The minimum absolute atomic E-state index is 0.150. The van der Waals surface area contributed by atoms with Gasteiger partial charge in [0, 0.05) is 13.2 Å². The lowest BCUT2D eigenvalue weighted by Crippen LogP contribution is -2.46. The lowest BCUT2D eigenvalue weighted by Gasteiger charge is -2.29. The molecule has 1 unspecified atom stereocenters. The van der Waals surface area contributed by atoms with Gasteiger partial charge in [-0.1, -0.05) is 19.9 Å². The van der Waals surface area contributed by atoms with Crippen molar-refractivity contribution in [2.45, 2.75) is 46.3 Å². The molecule has 5 heteroatoms. The Balaban J connectivity index is 2.85. The molecule has 5 nitrogen and oxygen atoms in total. The van der Waals surface area contributed by atoms with Crippen molar-refractivity contribution in [2.75, 3.05) is 13.6 Å². The SMILES string of the molecule is Cc1cccnc1C(NC(=O)N(C)CC(C)(C)O)C(C)C. The molecule has 0 radical (unpaired) electrons. The van der Waals surface area contributed by atoms with Crippen LogP contribution in [-0.4, -0.2) is 40.2 Å². The third-order valence-corrected chi connectivity index (χ3v) is 3.26. The largest absolute Gasteiger partial charge is 0.389 e. The van der Waals surface area contributed by atoms with Crippen molar-refractivity contribution in [3.63, 3.8) is 0 Å². The molecule has 0 fully saturated rings. The number of aromatic nitrogens is 1. The van der Waals surface area contributed by atoms with Crippen molar-refractivity contribution < 1.29 is 9.90 Å². The zero-order valence-corrected chi connectivity index (χ0v) is 13.8. The van der Waals surface area contributed by atoms with Gasteiger partial charge in [0.25, 0.3) is 0 Å². The molecule has 0 aliphatic heterocycles. The Morgan fingerprint density at radius 2 is 2.10 bits per heavy atom. The molecular weight excluding hydrogens is 266 g/mol. The van der Waals surface area contributed by atoms with Gasteiger partial charge in [-0.25, -0.2) is 4.79 Å². The van der Waals surface area contributed by atoms with Gasteiger partial charge in [-0.2, -0.15) is 0 Å². The molecule has 2 N–H and O–H groups in total. The molecule has 0 saturated heterocycles. The van der Waals surface area contributed by atoms with Crippen LogP contribution < -0.4 is 5.32 Å². The summed E-state index contributed by atoms with van der Waals surface area (Å²) in [6.07, 6.45) is 1.74. The van der Waals surface area contributed by atoms with Crippen LogP contribution in [0.5, 0.6) is 0 Å². The zero-order valence-electron chi connectivity index (χ0n) is 13.8. The van der Waals surface area contributed by atoms with Gasteiger partial charge in [-0.3, -0.25) is 4.98 Å². The highest BCUT2D eigenvalue weighted by atomic mass is 16.3. The lowest BCUT2D eigenvalue weighted by atomic mass is 9.97. The van der Waals surface area contributed by atoms with Crippen LogP contribution >= 0.6 is 0 Å². The second-order valence-corrected chi connectivity index (χ2v) is 6.55. The maximum absolute atomic E-state index is 12.3. The van der Waals surface area contributed by atoms with Crippen LogP contribution in [0.2, 0.25) is 0 Å². The first kappa shape index (κ1) is 17.4. The number of amides is 2. The molecule has 1 atom stereocenters. The van der Waals surface area contributed by atoms with Gasteiger partial charge in [-0.15, -0.1) is 0 Å². The third-order valence-electron chi connectivity index (χ3n) is 3.26. The van der Waals surface area contributed by atoms with E-state index in [2.05, 4.69) is 24.1 Å². The minimum Gasteiger partial charge on any atom is -0.389 e. The van der Waals surface area contributed by atoms with Gasteiger partial charge in [0.05, 0.1) is 23.9 Å². The fraction of sp³-hybridized carbons (Fsp3) is 0.625. The van der Waals surface area contributed by atoms with E-state index in [0.717, 1.165) is 11.3 Å². The van der Waals surface area contributed by atoms with E-state index in [4.69, 9.17) is 0 Å². The number of carbonyl (C=O) groups is 1. The van der Waals surface area contributed by atoms with Crippen molar-refractivity contribution in [2.24, 2.45) is 5.92 Å². The number of carbonyl (C=O) groups excluding carboxylic acids is 1. The van der Waals surface area contributed by atoms with Crippen LogP contribution in [0.1, 0.15) is 45.0 Å². The first-order chi connectivity index (χ1) is 9.61. The zero-order chi connectivity index (χ0) is 16.2. The molecule has 0 aromatic carbocycles. The highest BCUT2D eigenvalue weighted by molar-refractivity contribution is 5.74. The summed E-state index contributed by atoms with van der Waals surface area (Å²) in [6, 6.07) is 3.52. The molecule has 0 aliphatic carbocycles. The Morgan fingerprint density at radius 1 is 1.48 bits per heavy atom. The molecule has 0 spiro atoms. The molecule has 1 aromatic heterocycles. The van der Waals surface area contributed by atoms with E-state index in [1.807, 2.05) is 19.1 Å². The van der Waals surface area contributed by atoms with Crippen LogP contribution in [0.15, 0.2) is 18.3 Å². The van der Waals surface area contributed by atoms with Crippen molar-refractivity contribution in [3.05, 3.63) is 29.6 Å². The van der Waals surface area contributed by atoms with E-state index in [0.29, 0.717) is 0 Å². The van der Waals surface area contributed by atoms with E-state index in [1.54, 1.807) is 27.1 Å². The monoisotopic (exact) mass is 293 g/mol. The number of hydrogen-bond acceptors (Lipinski definition) is 3. The van der Waals surface area contributed by atoms with Crippen LogP contribution in [0.3, 0.4) is 0 Å². The van der Waals surface area contributed by atoms with Gasteiger partial charge in [0.15, 0.2) is 0 Å². The Bertz CT molecular complexity index is 481. The number of nitrogens with zero attached hydrogens (tertiary/aromatic N) is 2. The summed E-state index contributed by atoms with van der Waals surface area (Å²) < 4.78 is 0. The second kappa shape index (κ2) is 6.89. The van der Waals surface area contributed by atoms with E-state index in [1.165, 1.54) is 4.90 Å². The summed E-state index contributed by atoms with van der Waals surface area (Å²) >= 11 is 0. The fourth-order valence-corrected chi connectivity index (χ4v) is 2.27. The first-order valence-corrected chi connectivity index (χ1v) is 7.27. The van der Waals surface area contributed by atoms with Gasteiger partial charge in [0.1, 0.15) is 0 Å². The molecule has 0 bridgehead atoms. The number of nitrogens with one attached hydrogen (secondary N) is 1. The average molecular weight is 293 g/mol. The van der Waals surface area contributed by atoms with Crippen LogP contribution in [-0.2, 0) is 0 Å². The Morgan fingerprint density at radius 3 is 2.57 bits per heavy atom. The number of hydrogen-bond donors (Lipinski definition) is 2. The Labute approximate surface area is 127 Å². The van der Waals surface area contributed by atoms with Crippen LogP contribution in [0.25, 0.3) is 0 Å². The molecule has 1 heterocycles. The summed E-state index contributed by atoms with van der Waals surface area (Å²) in [4.78, 5) is 18.2. The number of likely N-dealkylation sites (N-methyl/N-ethyl adjacent to an activating group) is 1. The van der Waals surface area contributed by atoms with Crippen LogP contribution in [0.4, 0.5) is 4.79 Å². The smallest absolute Gasteiger partial charge is 0.317 e. The molecule has 1 aromatic rings. The highest BCUT2D eigenvalue weighted by Crippen LogP contribution is 2.22. The topological polar surface area (TPSA) is 65.5 Å². The number of rotatable bonds is 5. The van der Waals surface area contributed by atoms with Crippen molar-refractivity contribution in [3.8, 4) is 0 Å². The quantitative estimate of drug-likeness (QED) is 0.876.